The zero-order chi connectivity index (χ0) is 22.6. The molecule has 1 unspecified atom stereocenters. The molecule has 176 valence electrons. The summed E-state index contributed by atoms with van der Waals surface area (Å²) in [6.45, 7) is 5.47. The van der Waals surface area contributed by atoms with E-state index in [2.05, 4.69) is 26.9 Å². The lowest BCUT2D eigenvalue weighted by molar-refractivity contribution is -0.127. The lowest BCUT2D eigenvalue weighted by atomic mass is 9.64. The number of fused-ring (bicyclic) bond motifs is 3. The molecule has 2 heterocycles. The van der Waals surface area contributed by atoms with E-state index in [1.54, 1.807) is 13.3 Å². The van der Waals surface area contributed by atoms with Gasteiger partial charge in [0, 0.05) is 51.4 Å². The van der Waals surface area contributed by atoms with Gasteiger partial charge >= 0.3 is 0 Å². The number of piperazine rings is 1. The summed E-state index contributed by atoms with van der Waals surface area (Å²) < 4.78 is 5.55. The van der Waals surface area contributed by atoms with Gasteiger partial charge in [0.1, 0.15) is 11.6 Å². The summed E-state index contributed by atoms with van der Waals surface area (Å²) >= 11 is 0. The van der Waals surface area contributed by atoms with Crippen LogP contribution in [0.5, 0.6) is 5.75 Å². The maximum absolute atomic E-state index is 13.7. The molecule has 4 fully saturated rings. The Labute approximate surface area is 197 Å². The van der Waals surface area contributed by atoms with E-state index in [4.69, 9.17) is 4.74 Å². The van der Waals surface area contributed by atoms with E-state index in [1.165, 1.54) is 25.7 Å². The number of anilines is 2. The number of hydrogen-bond acceptors (Lipinski definition) is 5. The monoisotopic (exact) mass is 447 g/mol. The molecule has 4 aliphatic rings. The van der Waals surface area contributed by atoms with Gasteiger partial charge in [-0.2, -0.15) is 0 Å². The lowest BCUT2D eigenvalue weighted by Crippen LogP contribution is -2.51. The molecule has 1 aromatic carbocycles. The number of para-hydroxylation sites is 2. The molecule has 6 nitrogen and oxygen atoms in total. The van der Waals surface area contributed by atoms with Crippen molar-refractivity contribution >= 4 is 17.4 Å². The van der Waals surface area contributed by atoms with Crippen LogP contribution in [0.2, 0.25) is 0 Å². The molecular weight excluding hydrogens is 411 g/mol. The van der Waals surface area contributed by atoms with Gasteiger partial charge < -0.3 is 9.64 Å². The number of nitrogens with zero attached hydrogens (tertiary/aromatic N) is 4. The van der Waals surface area contributed by atoms with Gasteiger partial charge in [0.05, 0.1) is 12.8 Å². The minimum absolute atomic E-state index is 0.182. The number of amides is 1. The van der Waals surface area contributed by atoms with E-state index in [-0.39, 0.29) is 5.92 Å². The molecule has 6 heteroatoms. The third-order valence-corrected chi connectivity index (χ3v) is 7.99. The fourth-order valence-electron chi connectivity index (χ4n) is 6.08. The Morgan fingerprint density at radius 2 is 1.79 bits per heavy atom. The largest absolute Gasteiger partial charge is 0.495 e. The average Bonchev–Trinajstić information content (AvgIpc) is 2.90. The molecular formula is C27H36N4O2. The Morgan fingerprint density at radius 3 is 2.45 bits per heavy atom. The molecule has 2 bridgehead atoms. The molecule has 0 radical (unpaired) electrons. The summed E-state index contributed by atoms with van der Waals surface area (Å²) in [4.78, 5) is 25.1. The molecule has 2 aromatic rings. The number of methoxy groups -OCH3 is 1. The van der Waals surface area contributed by atoms with E-state index in [0.717, 1.165) is 62.3 Å². The van der Waals surface area contributed by atoms with Gasteiger partial charge in [-0.1, -0.05) is 31.0 Å². The number of carbonyl (C=O) groups excluding carboxylic acids is 1. The van der Waals surface area contributed by atoms with Crippen LogP contribution in [-0.4, -0.2) is 62.2 Å². The van der Waals surface area contributed by atoms with Gasteiger partial charge in [0.15, 0.2) is 0 Å². The topological polar surface area (TPSA) is 48.9 Å². The Morgan fingerprint density at radius 1 is 1.03 bits per heavy atom. The first-order chi connectivity index (χ1) is 16.2. The normalized spacial score (nSPS) is 25.1. The summed E-state index contributed by atoms with van der Waals surface area (Å²) in [5.74, 6) is 3.53. The second-order valence-electron chi connectivity index (χ2n) is 9.80. The van der Waals surface area contributed by atoms with Crippen molar-refractivity contribution in [1.29, 1.82) is 0 Å². The van der Waals surface area contributed by atoms with Gasteiger partial charge in [0.25, 0.3) is 0 Å². The molecule has 1 saturated heterocycles. The smallest absolute Gasteiger partial charge is 0.231 e. The fourth-order valence-corrected chi connectivity index (χ4v) is 6.08. The number of benzene rings is 1. The predicted molar refractivity (Wildman–Crippen MR) is 132 cm³/mol. The van der Waals surface area contributed by atoms with Gasteiger partial charge in [-0.3, -0.25) is 14.6 Å². The molecule has 1 aromatic heterocycles. The van der Waals surface area contributed by atoms with Crippen molar-refractivity contribution in [2.24, 2.45) is 17.8 Å². The van der Waals surface area contributed by atoms with Crippen molar-refractivity contribution in [3.63, 3.8) is 0 Å². The molecule has 0 N–H and O–H groups in total. The Balaban J connectivity index is 1.22. The lowest BCUT2D eigenvalue weighted by Gasteiger charge is -2.43. The van der Waals surface area contributed by atoms with Crippen molar-refractivity contribution < 1.29 is 9.53 Å². The van der Waals surface area contributed by atoms with Crippen molar-refractivity contribution in [1.82, 2.24) is 9.88 Å². The van der Waals surface area contributed by atoms with Crippen LogP contribution in [0.15, 0.2) is 48.7 Å². The highest BCUT2D eigenvalue weighted by molar-refractivity contribution is 5.94. The SMILES string of the molecule is [11CH3]Oc1ccccc1N1CCN(CCN(C(=O)C2CC3CCC2CC3)c2ccccn2)CC1. The Bertz CT molecular complexity index is 921. The first-order valence-corrected chi connectivity index (χ1v) is 12.6. The standard InChI is InChI=1S/C27H36N4O2/c1-33-25-7-3-2-6-24(25)30-17-14-29(15-18-30)16-19-31(26-8-4-5-13-28-26)27(32)23-20-21-9-11-22(23)12-10-21/h2-8,13,21-23H,9-12,14-20H2,1H3/i1-1. The van der Waals surface area contributed by atoms with E-state index >= 15 is 0 Å². The first-order valence-electron chi connectivity index (χ1n) is 12.6. The highest BCUT2D eigenvalue weighted by Crippen LogP contribution is 2.45. The molecule has 1 atom stereocenters. The third-order valence-electron chi connectivity index (χ3n) is 7.99. The zero-order valence-electron chi connectivity index (χ0n) is 19.7. The van der Waals surface area contributed by atoms with Crippen LogP contribution < -0.4 is 14.5 Å². The van der Waals surface area contributed by atoms with Gasteiger partial charge in [0.2, 0.25) is 5.91 Å². The maximum Gasteiger partial charge on any atom is 0.231 e. The second kappa shape index (κ2) is 10.1. The van der Waals surface area contributed by atoms with Crippen LogP contribution in [-0.2, 0) is 4.79 Å². The third kappa shape index (κ3) is 4.86. The zero-order valence-corrected chi connectivity index (χ0v) is 19.7. The first kappa shape index (κ1) is 22.2. The molecule has 3 saturated carbocycles. The van der Waals surface area contributed by atoms with Crippen molar-refractivity contribution in [2.45, 2.75) is 32.1 Å². The average molecular weight is 448 g/mol. The molecule has 3 aliphatic carbocycles. The van der Waals surface area contributed by atoms with Crippen LogP contribution in [0.3, 0.4) is 0 Å². The highest BCUT2D eigenvalue weighted by atomic mass is 16.4. The predicted octanol–water partition coefficient (Wildman–Crippen LogP) is 4.07. The van der Waals surface area contributed by atoms with Gasteiger partial charge in [-0.15, -0.1) is 0 Å². The fraction of sp³-hybridized carbons (Fsp3) is 0.556. The van der Waals surface area contributed by atoms with Gasteiger partial charge in [-0.05, 0) is 55.4 Å². The van der Waals surface area contributed by atoms with Crippen LogP contribution in [0, 0.1) is 17.8 Å². The second-order valence-corrected chi connectivity index (χ2v) is 9.80. The molecule has 1 amide bonds. The number of ether oxygens (including phenoxy) is 1. The molecule has 0 spiro atoms. The van der Waals surface area contributed by atoms with E-state index < -0.39 is 0 Å². The number of rotatable bonds is 7. The van der Waals surface area contributed by atoms with E-state index in [0.29, 0.717) is 18.4 Å². The van der Waals surface area contributed by atoms with Crippen molar-refractivity contribution in [3.8, 4) is 5.75 Å². The summed E-state index contributed by atoms with van der Waals surface area (Å²) in [6.07, 6.45) is 7.95. The van der Waals surface area contributed by atoms with Gasteiger partial charge in [-0.25, -0.2) is 4.98 Å². The van der Waals surface area contributed by atoms with Crippen LogP contribution in [0.25, 0.3) is 0 Å². The van der Waals surface area contributed by atoms with Crippen molar-refractivity contribution in [3.05, 3.63) is 48.7 Å². The highest BCUT2D eigenvalue weighted by Gasteiger charge is 2.41. The summed E-state index contributed by atoms with van der Waals surface area (Å²) in [5.41, 5.74) is 1.16. The Hall–Kier alpha value is -2.60. The van der Waals surface area contributed by atoms with E-state index in [1.807, 2.05) is 35.2 Å². The van der Waals surface area contributed by atoms with Crippen LogP contribution >= 0.6 is 0 Å². The quantitative estimate of drug-likeness (QED) is 0.640. The maximum atomic E-state index is 13.7. The molecule has 1 aliphatic heterocycles. The number of aromatic nitrogens is 1. The molecule has 33 heavy (non-hydrogen) atoms. The molecule has 6 rings (SSSR count). The number of carbonyl (C=O) groups is 1. The number of pyridine rings is 1. The number of hydrogen-bond donors (Lipinski definition) is 0. The minimum atomic E-state index is 0.182. The summed E-state index contributed by atoms with van der Waals surface area (Å²) in [5, 5.41) is 0. The van der Waals surface area contributed by atoms with Crippen molar-refractivity contribution in [2.75, 3.05) is 56.2 Å². The van der Waals surface area contributed by atoms with Crippen LogP contribution in [0.1, 0.15) is 32.1 Å². The Kier molecular flexibility index (Phi) is 6.81. The summed E-state index contributed by atoms with van der Waals surface area (Å²) in [6, 6.07) is 14.1. The minimum Gasteiger partial charge on any atom is -0.495 e. The van der Waals surface area contributed by atoms with Crippen LogP contribution in [0.4, 0.5) is 11.5 Å². The summed E-state index contributed by atoms with van der Waals surface area (Å²) in [7, 11) is 1.73. The van der Waals surface area contributed by atoms with E-state index in [9.17, 15) is 4.79 Å².